The van der Waals surface area contributed by atoms with E-state index in [1.54, 1.807) is 11.3 Å². The highest BCUT2D eigenvalue weighted by molar-refractivity contribution is 7.09. The number of hydrogen-bond acceptors (Lipinski definition) is 4. The predicted molar refractivity (Wildman–Crippen MR) is 85.2 cm³/mol. The molecule has 5 heteroatoms. The molecule has 1 rings (SSSR count). The first-order valence-corrected chi connectivity index (χ1v) is 8.06. The second-order valence-electron chi connectivity index (χ2n) is 6.09. The van der Waals surface area contributed by atoms with Crippen LogP contribution in [0.1, 0.15) is 44.3 Å². The van der Waals surface area contributed by atoms with E-state index >= 15 is 0 Å². The molecule has 1 heterocycles. The number of amides is 1. The van der Waals surface area contributed by atoms with E-state index in [1.807, 2.05) is 19.5 Å². The molecule has 4 nitrogen and oxygen atoms in total. The molecule has 0 bridgehead atoms. The third kappa shape index (κ3) is 5.21. The summed E-state index contributed by atoms with van der Waals surface area (Å²) in [5.41, 5.74) is 0.877. The molecule has 0 aliphatic heterocycles. The minimum absolute atomic E-state index is 0.0538. The van der Waals surface area contributed by atoms with Crippen LogP contribution in [-0.4, -0.2) is 42.5 Å². The van der Waals surface area contributed by atoms with Gasteiger partial charge in [0, 0.05) is 23.9 Å². The van der Waals surface area contributed by atoms with Crippen LogP contribution in [0, 0.1) is 5.92 Å². The van der Waals surface area contributed by atoms with E-state index in [-0.39, 0.29) is 5.91 Å². The Morgan fingerprint density at radius 1 is 1.35 bits per heavy atom. The molecule has 20 heavy (non-hydrogen) atoms. The van der Waals surface area contributed by atoms with Crippen LogP contribution in [-0.2, 0) is 11.2 Å². The van der Waals surface area contributed by atoms with Gasteiger partial charge in [0.05, 0.1) is 17.1 Å². The number of carbonyl (C=O) groups excluding carboxylic acids is 1. The van der Waals surface area contributed by atoms with Gasteiger partial charge < -0.3 is 10.2 Å². The van der Waals surface area contributed by atoms with Crippen LogP contribution in [0.3, 0.4) is 0 Å². The van der Waals surface area contributed by atoms with Gasteiger partial charge in [-0.2, -0.15) is 0 Å². The van der Waals surface area contributed by atoms with Crippen molar-refractivity contribution in [2.24, 2.45) is 5.92 Å². The Labute approximate surface area is 126 Å². The van der Waals surface area contributed by atoms with Crippen LogP contribution in [0.15, 0.2) is 5.38 Å². The van der Waals surface area contributed by atoms with Gasteiger partial charge in [0.15, 0.2) is 0 Å². The monoisotopic (exact) mass is 297 g/mol. The lowest BCUT2D eigenvalue weighted by atomic mass is 10.0. The first-order chi connectivity index (χ1) is 9.31. The molecule has 0 fully saturated rings. The maximum Gasteiger partial charge on any atom is 0.226 e. The minimum Gasteiger partial charge on any atom is -0.354 e. The van der Waals surface area contributed by atoms with Crippen LogP contribution in [0.5, 0.6) is 0 Å². The second-order valence-corrected chi connectivity index (χ2v) is 6.98. The topological polar surface area (TPSA) is 45.2 Å². The molecule has 0 saturated heterocycles. The van der Waals surface area contributed by atoms with Gasteiger partial charge in [0.2, 0.25) is 5.91 Å². The Hall–Kier alpha value is -0.940. The summed E-state index contributed by atoms with van der Waals surface area (Å²) in [7, 11) is 4.10. The van der Waals surface area contributed by atoms with Crippen LogP contribution in [0.4, 0.5) is 0 Å². The number of rotatable bonds is 7. The molecule has 0 saturated carbocycles. The van der Waals surface area contributed by atoms with Gasteiger partial charge in [-0.05, 0) is 20.0 Å². The number of aromatic nitrogens is 1. The van der Waals surface area contributed by atoms with Crippen molar-refractivity contribution in [1.82, 2.24) is 15.2 Å². The minimum atomic E-state index is 0.0538. The molecule has 0 radical (unpaired) electrons. The summed E-state index contributed by atoms with van der Waals surface area (Å²) in [5.74, 6) is 0.992. The van der Waals surface area contributed by atoms with E-state index in [0.717, 1.165) is 10.7 Å². The van der Waals surface area contributed by atoms with E-state index in [9.17, 15) is 4.79 Å². The standard InChI is InChI=1S/C15H27N3OS/c1-10(2)13(18(5)6)8-16-14(19)7-12-9-20-15(17-12)11(3)4/h9-11,13H,7-8H2,1-6H3,(H,16,19)/t13-/m0/s1. The molecule has 0 aliphatic carbocycles. The molecule has 1 N–H and O–H groups in total. The Morgan fingerprint density at radius 2 is 2.00 bits per heavy atom. The Morgan fingerprint density at radius 3 is 2.45 bits per heavy atom. The molecule has 1 atom stereocenters. The van der Waals surface area contributed by atoms with Gasteiger partial charge in [-0.3, -0.25) is 4.79 Å². The largest absolute Gasteiger partial charge is 0.354 e. The zero-order chi connectivity index (χ0) is 15.3. The maximum absolute atomic E-state index is 12.0. The van der Waals surface area contributed by atoms with Gasteiger partial charge in [0.25, 0.3) is 0 Å². The highest BCUT2D eigenvalue weighted by atomic mass is 32.1. The van der Waals surface area contributed by atoms with Crippen molar-refractivity contribution >= 4 is 17.2 Å². The van der Waals surface area contributed by atoms with E-state index in [2.05, 4.69) is 42.9 Å². The quantitative estimate of drug-likeness (QED) is 0.841. The highest BCUT2D eigenvalue weighted by Gasteiger charge is 2.17. The molecule has 0 aliphatic rings. The predicted octanol–water partition coefficient (Wildman–Crippen LogP) is 2.51. The summed E-state index contributed by atoms with van der Waals surface area (Å²) in [4.78, 5) is 18.6. The van der Waals surface area contributed by atoms with Crippen molar-refractivity contribution in [3.63, 3.8) is 0 Å². The number of nitrogens with one attached hydrogen (secondary N) is 1. The normalized spacial score (nSPS) is 13.2. The van der Waals surface area contributed by atoms with Crippen molar-refractivity contribution in [2.75, 3.05) is 20.6 Å². The number of nitrogens with zero attached hydrogens (tertiary/aromatic N) is 2. The third-order valence-electron chi connectivity index (χ3n) is 3.35. The second kappa shape index (κ2) is 7.74. The summed E-state index contributed by atoms with van der Waals surface area (Å²) < 4.78 is 0. The zero-order valence-electron chi connectivity index (χ0n) is 13.4. The van der Waals surface area contributed by atoms with Gasteiger partial charge >= 0.3 is 0 Å². The molecule has 0 unspecified atom stereocenters. The van der Waals surface area contributed by atoms with E-state index in [0.29, 0.717) is 30.8 Å². The summed E-state index contributed by atoms with van der Waals surface area (Å²) in [6.07, 6.45) is 0.376. The number of hydrogen-bond donors (Lipinski definition) is 1. The van der Waals surface area contributed by atoms with Crippen molar-refractivity contribution in [2.45, 2.75) is 46.1 Å². The lowest BCUT2D eigenvalue weighted by Crippen LogP contribution is -2.43. The van der Waals surface area contributed by atoms with Gasteiger partial charge in [-0.1, -0.05) is 27.7 Å². The fourth-order valence-corrected chi connectivity index (χ4v) is 2.96. The lowest BCUT2D eigenvalue weighted by molar-refractivity contribution is -0.120. The zero-order valence-corrected chi connectivity index (χ0v) is 14.3. The summed E-state index contributed by atoms with van der Waals surface area (Å²) in [5, 5.41) is 6.10. The third-order valence-corrected chi connectivity index (χ3v) is 4.54. The van der Waals surface area contributed by atoms with Crippen LogP contribution in [0.25, 0.3) is 0 Å². The number of likely N-dealkylation sites (N-methyl/N-ethyl adjacent to an activating group) is 1. The van der Waals surface area contributed by atoms with Crippen LogP contribution < -0.4 is 5.32 Å². The van der Waals surface area contributed by atoms with Crippen molar-refractivity contribution in [1.29, 1.82) is 0 Å². The van der Waals surface area contributed by atoms with Crippen LogP contribution in [0.2, 0.25) is 0 Å². The lowest BCUT2D eigenvalue weighted by Gasteiger charge is -2.28. The van der Waals surface area contributed by atoms with E-state index in [4.69, 9.17) is 0 Å². The smallest absolute Gasteiger partial charge is 0.226 e. The molecular formula is C15H27N3OS. The Kier molecular flexibility index (Phi) is 6.62. The molecule has 1 aromatic heterocycles. The van der Waals surface area contributed by atoms with E-state index < -0.39 is 0 Å². The van der Waals surface area contributed by atoms with Gasteiger partial charge in [-0.15, -0.1) is 11.3 Å². The van der Waals surface area contributed by atoms with Crippen molar-refractivity contribution in [3.8, 4) is 0 Å². The average molecular weight is 297 g/mol. The first-order valence-electron chi connectivity index (χ1n) is 7.18. The van der Waals surface area contributed by atoms with Crippen molar-refractivity contribution < 1.29 is 4.79 Å². The summed E-state index contributed by atoms with van der Waals surface area (Å²) in [6.45, 7) is 9.27. The van der Waals surface area contributed by atoms with Crippen LogP contribution >= 0.6 is 11.3 Å². The summed E-state index contributed by atoms with van der Waals surface area (Å²) >= 11 is 1.63. The maximum atomic E-state index is 12.0. The first kappa shape index (κ1) is 17.1. The Balaban J connectivity index is 2.46. The summed E-state index contributed by atoms with van der Waals surface area (Å²) in [6, 6.07) is 0.362. The molecule has 1 amide bonds. The molecule has 0 aromatic carbocycles. The fourth-order valence-electron chi connectivity index (χ4n) is 2.13. The average Bonchev–Trinajstić information content (AvgIpc) is 2.76. The number of thiazole rings is 1. The van der Waals surface area contributed by atoms with Gasteiger partial charge in [-0.25, -0.2) is 4.98 Å². The molecule has 1 aromatic rings. The molecular weight excluding hydrogens is 270 g/mol. The fraction of sp³-hybridized carbons (Fsp3) is 0.733. The Bertz CT molecular complexity index is 419. The number of carbonyl (C=O) groups is 1. The highest BCUT2D eigenvalue weighted by Crippen LogP contribution is 2.19. The van der Waals surface area contributed by atoms with E-state index in [1.165, 1.54) is 0 Å². The van der Waals surface area contributed by atoms with Crippen molar-refractivity contribution in [3.05, 3.63) is 16.1 Å². The molecule has 0 spiro atoms. The SMILES string of the molecule is CC(C)c1nc(CC(=O)NC[C@@H](C(C)C)N(C)C)cs1. The molecule has 114 valence electrons. The van der Waals surface area contributed by atoms with Gasteiger partial charge in [0.1, 0.15) is 0 Å².